The van der Waals surface area contributed by atoms with Gasteiger partial charge in [0.2, 0.25) is 6.04 Å². The van der Waals surface area contributed by atoms with E-state index in [1.54, 1.807) is 12.1 Å². The minimum Gasteiger partial charge on any atom is -1.00 e. The zero-order valence-corrected chi connectivity index (χ0v) is 21.2. The molecule has 1 aromatic carbocycles. The molecule has 1 amide bonds. The third-order valence-corrected chi connectivity index (χ3v) is 4.94. The number of benzene rings is 1. The largest absolute Gasteiger partial charge is 1.00 e. The van der Waals surface area contributed by atoms with E-state index in [4.69, 9.17) is 17.3 Å². The third-order valence-electron chi connectivity index (χ3n) is 4.75. The van der Waals surface area contributed by atoms with E-state index >= 15 is 0 Å². The summed E-state index contributed by atoms with van der Waals surface area (Å²) in [5, 5.41) is 5.24. The number of amides is 1. The number of alkyl halides is 2. The smallest absolute Gasteiger partial charge is 0.343 e. The number of aromatic nitrogens is 3. The Morgan fingerprint density at radius 1 is 1.17 bits per heavy atom. The second kappa shape index (κ2) is 15.5. The van der Waals surface area contributed by atoms with E-state index in [2.05, 4.69) is 20.6 Å². The van der Waals surface area contributed by atoms with Crippen molar-refractivity contribution in [3.63, 3.8) is 0 Å². The molecule has 3 aromatic rings. The summed E-state index contributed by atoms with van der Waals surface area (Å²) >= 11 is 5.93. The van der Waals surface area contributed by atoms with Crippen molar-refractivity contribution < 1.29 is 43.0 Å². The lowest BCUT2D eigenvalue weighted by Gasteiger charge is -2.13. The van der Waals surface area contributed by atoms with Gasteiger partial charge in [-0.1, -0.05) is 35.9 Å². The quantitative estimate of drug-likeness (QED) is 0.136. The Morgan fingerprint density at radius 2 is 1.86 bits per heavy atom. The number of H-pyrrole nitrogens is 2. The number of nitrogens with zero attached hydrogens (tertiary/aromatic N) is 1. The first kappa shape index (κ1) is 32.5. The molecule has 6 N–H and O–H groups in total. The minimum absolute atomic E-state index is 0. The molecule has 3 rings (SSSR count). The average molecular weight is 572 g/mol. The van der Waals surface area contributed by atoms with Gasteiger partial charge in [-0.15, -0.1) is 12.4 Å². The Hall–Kier alpha value is -2.50. The number of hydrogen-bond donors (Lipinski definition) is 5. The molecule has 0 aliphatic rings. The normalized spacial score (nSPS) is 10.9. The predicted molar refractivity (Wildman–Crippen MR) is 123 cm³/mol. The van der Waals surface area contributed by atoms with Crippen molar-refractivity contribution in [3.05, 3.63) is 87.2 Å². The molecule has 14 heteroatoms. The van der Waals surface area contributed by atoms with Crippen LogP contribution in [0.5, 0.6) is 0 Å². The van der Waals surface area contributed by atoms with Crippen LogP contribution in [0.3, 0.4) is 0 Å². The van der Waals surface area contributed by atoms with Gasteiger partial charge in [0.05, 0.1) is 12.1 Å². The number of nitrogens with one attached hydrogen (secondary N) is 4. The molecular formula is C21H24Cl4F2N6O2. The summed E-state index contributed by atoms with van der Waals surface area (Å²) < 4.78 is 28.7. The number of anilines is 1. The highest BCUT2D eigenvalue weighted by Gasteiger charge is 2.34. The fraction of sp³-hybridized carbons (Fsp3) is 0.238. The van der Waals surface area contributed by atoms with Crippen LogP contribution in [-0.4, -0.2) is 22.3 Å². The Balaban J connectivity index is 0.00000385. The van der Waals surface area contributed by atoms with Crippen LogP contribution in [0.25, 0.3) is 0 Å². The lowest BCUT2D eigenvalue weighted by Crippen LogP contribution is -3.00. The molecule has 35 heavy (non-hydrogen) atoms. The number of pyridine rings is 1. The molecule has 0 fully saturated rings. The molecule has 0 saturated heterocycles. The van der Waals surface area contributed by atoms with Gasteiger partial charge in [-0.2, -0.15) is 0 Å². The van der Waals surface area contributed by atoms with Gasteiger partial charge >= 0.3 is 11.4 Å². The van der Waals surface area contributed by atoms with Gasteiger partial charge in [0, 0.05) is 19.2 Å². The SMILES string of the molecule is Cl.NCc1ccccc1CNC(=O)C[n+]1cc(Cl)[nH]c(=O)c1NC([c+]1cccc[nH]1)C(F)F.[Cl-].[Cl-]. The highest BCUT2D eigenvalue weighted by Crippen LogP contribution is 2.21. The van der Waals surface area contributed by atoms with E-state index in [9.17, 15) is 18.4 Å². The summed E-state index contributed by atoms with van der Waals surface area (Å²) in [4.78, 5) is 30.1. The maximum absolute atomic E-state index is 13.7. The second-order valence-electron chi connectivity index (χ2n) is 6.93. The zero-order valence-electron chi connectivity index (χ0n) is 18.1. The molecule has 1 atom stereocenters. The van der Waals surface area contributed by atoms with E-state index in [-0.39, 0.29) is 67.0 Å². The van der Waals surface area contributed by atoms with Crippen LogP contribution in [0, 0.1) is 0 Å². The molecule has 0 saturated carbocycles. The third kappa shape index (κ3) is 8.90. The number of halogens is 6. The topological polar surface area (TPSA) is 120 Å². The first-order valence-electron chi connectivity index (χ1n) is 9.76. The lowest BCUT2D eigenvalue weighted by atomic mass is 10.1. The van der Waals surface area contributed by atoms with Crippen molar-refractivity contribution in [1.82, 2.24) is 15.3 Å². The molecule has 0 bridgehead atoms. The van der Waals surface area contributed by atoms with Crippen molar-refractivity contribution in [2.45, 2.75) is 32.1 Å². The fourth-order valence-corrected chi connectivity index (χ4v) is 3.37. The zero-order chi connectivity index (χ0) is 23.1. The van der Waals surface area contributed by atoms with Gasteiger partial charge in [-0.05, 0) is 11.1 Å². The van der Waals surface area contributed by atoms with Gasteiger partial charge in [0.25, 0.3) is 12.3 Å². The van der Waals surface area contributed by atoms with E-state index in [1.807, 2.05) is 24.3 Å². The summed E-state index contributed by atoms with van der Waals surface area (Å²) in [5.41, 5.74) is 6.89. The molecule has 0 aliphatic heterocycles. The van der Waals surface area contributed by atoms with E-state index in [1.165, 1.54) is 23.0 Å². The molecule has 0 aliphatic carbocycles. The number of carbonyl (C=O) groups excluding carboxylic acids is 1. The highest BCUT2D eigenvalue weighted by atomic mass is 35.5. The maximum atomic E-state index is 13.7. The van der Waals surface area contributed by atoms with Gasteiger partial charge in [-0.3, -0.25) is 14.6 Å². The molecule has 2 heterocycles. The minimum atomic E-state index is -2.83. The molecule has 0 radical (unpaired) electrons. The summed E-state index contributed by atoms with van der Waals surface area (Å²) in [7, 11) is 0. The first-order valence-corrected chi connectivity index (χ1v) is 10.1. The van der Waals surface area contributed by atoms with Crippen LogP contribution >= 0.6 is 24.0 Å². The molecule has 8 nitrogen and oxygen atoms in total. The molecule has 2 aromatic heterocycles. The van der Waals surface area contributed by atoms with Crippen LogP contribution in [0.1, 0.15) is 22.9 Å². The van der Waals surface area contributed by atoms with Crippen molar-refractivity contribution >= 4 is 35.7 Å². The van der Waals surface area contributed by atoms with E-state index in [0.29, 0.717) is 6.54 Å². The number of rotatable bonds is 9. The van der Waals surface area contributed by atoms with Crippen LogP contribution < -0.4 is 51.3 Å². The average Bonchev–Trinajstić information content (AvgIpc) is 2.77. The Labute approximate surface area is 223 Å². The van der Waals surface area contributed by atoms with Gasteiger partial charge in [-0.25, -0.2) is 18.7 Å². The summed E-state index contributed by atoms with van der Waals surface area (Å²) in [6.07, 6.45) is -0.0477. The van der Waals surface area contributed by atoms with Crippen molar-refractivity contribution in [2.75, 3.05) is 5.32 Å². The summed E-state index contributed by atoms with van der Waals surface area (Å²) in [5.74, 6) is -0.666. The summed E-state index contributed by atoms with van der Waals surface area (Å²) in [6, 6.07) is 10.6. The van der Waals surface area contributed by atoms with Crippen LogP contribution in [-0.2, 0) is 24.4 Å². The number of aromatic amines is 2. The van der Waals surface area contributed by atoms with Crippen LogP contribution in [0.4, 0.5) is 14.6 Å². The van der Waals surface area contributed by atoms with Crippen molar-refractivity contribution in [2.24, 2.45) is 5.73 Å². The second-order valence-corrected chi connectivity index (χ2v) is 7.34. The summed E-state index contributed by atoms with van der Waals surface area (Å²) in [6.45, 7) is 0.236. The number of carbonyl (C=O) groups is 1. The number of nitrogens with two attached hydrogens (primary N) is 1. The van der Waals surface area contributed by atoms with Gasteiger partial charge < -0.3 is 40.8 Å². The van der Waals surface area contributed by atoms with Crippen LogP contribution in [0.15, 0.2) is 59.7 Å². The Morgan fingerprint density at radius 3 is 2.46 bits per heavy atom. The molecule has 192 valence electrons. The van der Waals surface area contributed by atoms with Crippen molar-refractivity contribution in [1.29, 1.82) is 0 Å². The van der Waals surface area contributed by atoms with Crippen molar-refractivity contribution in [3.8, 4) is 0 Å². The molecule has 0 spiro atoms. The van der Waals surface area contributed by atoms with Gasteiger partial charge in [0.15, 0.2) is 12.2 Å². The predicted octanol–water partition coefficient (Wildman–Crippen LogP) is -3.45. The lowest BCUT2D eigenvalue weighted by molar-refractivity contribution is -0.671. The van der Waals surface area contributed by atoms with E-state index < -0.39 is 23.9 Å². The fourth-order valence-electron chi connectivity index (χ4n) is 3.16. The van der Waals surface area contributed by atoms with E-state index in [0.717, 1.165) is 11.1 Å². The Bertz CT molecular complexity index is 1140. The molecule has 1 unspecified atom stereocenters. The maximum Gasteiger partial charge on any atom is 0.343 e. The standard InChI is InChI=1S/C21H21ClF2N6O2.3ClH/c22-16-11-30(12-17(31)27-10-14-6-2-1-5-13(14)9-25)20(21(32)28-16)29-18(19(23)24)15-7-3-4-8-26-15;;;/h1-8,11,18-19,26H,9-10,12,25H2,(H-,27,28,31,32);3*1H. The Kier molecular flexibility index (Phi) is 14.4. The monoisotopic (exact) mass is 570 g/mol. The van der Waals surface area contributed by atoms with Crippen LogP contribution in [0.2, 0.25) is 5.15 Å². The molecular weight excluding hydrogens is 548 g/mol. The number of hydrogen-bond acceptors (Lipinski definition) is 4. The highest BCUT2D eigenvalue weighted by molar-refractivity contribution is 6.29. The first-order chi connectivity index (χ1) is 15.4. The van der Waals surface area contributed by atoms with Gasteiger partial charge in [0.1, 0.15) is 17.5 Å².